The van der Waals surface area contributed by atoms with Gasteiger partial charge in [0.1, 0.15) is 0 Å². The zero-order chi connectivity index (χ0) is 12.1. The highest BCUT2D eigenvalue weighted by molar-refractivity contribution is 4.97. The average Bonchev–Trinajstić information content (AvgIpc) is 2.51. The summed E-state index contributed by atoms with van der Waals surface area (Å²) in [4.78, 5) is 0. The third-order valence-electron chi connectivity index (χ3n) is 4.13. The summed E-state index contributed by atoms with van der Waals surface area (Å²) in [7, 11) is 0. The summed E-state index contributed by atoms with van der Waals surface area (Å²) in [6, 6.07) is 3.50. The predicted octanol–water partition coefficient (Wildman–Crippen LogP) is 2.62. The normalized spacial score (nSPS) is 37.9. The van der Waals surface area contributed by atoms with E-state index in [4.69, 9.17) is 4.74 Å². The molecule has 2 aliphatic rings. The van der Waals surface area contributed by atoms with Crippen molar-refractivity contribution in [1.29, 1.82) is 5.26 Å². The molecule has 3 heteroatoms. The summed E-state index contributed by atoms with van der Waals surface area (Å²) in [6.07, 6.45) is 8.76. The van der Waals surface area contributed by atoms with Crippen molar-refractivity contribution in [1.82, 2.24) is 5.32 Å². The summed E-state index contributed by atoms with van der Waals surface area (Å²) in [6.45, 7) is 2.87. The molecule has 2 saturated carbocycles. The SMILES string of the molecule is CCOC1CC(NC2CCCCCC2C#N)C1. The third kappa shape index (κ3) is 3.43. The van der Waals surface area contributed by atoms with Gasteiger partial charge in [0.25, 0.3) is 0 Å². The average molecular weight is 236 g/mol. The van der Waals surface area contributed by atoms with Gasteiger partial charge in [-0.1, -0.05) is 19.3 Å². The first-order valence-corrected chi connectivity index (χ1v) is 7.10. The highest BCUT2D eigenvalue weighted by atomic mass is 16.5. The van der Waals surface area contributed by atoms with Gasteiger partial charge in [-0.2, -0.15) is 5.26 Å². The van der Waals surface area contributed by atoms with Crippen molar-refractivity contribution in [2.75, 3.05) is 6.61 Å². The van der Waals surface area contributed by atoms with Crippen LogP contribution in [0.1, 0.15) is 51.9 Å². The van der Waals surface area contributed by atoms with E-state index in [1.807, 2.05) is 0 Å². The van der Waals surface area contributed by atoms with Gasteiger partial charge >= 0.3 is 0 Å². The molecule has 2 rings (SSSR count). The van der Waals surface area contributed by atoms with Crippen molar-refractivity contribution in [3.05, 3.63) is 0 Å². The van der Waals surface area contributed by atoms with Crippen LogP contribution < -0.4 is 5.32 Å². The van der Waals surface area contributed by atoms with Crippen LogP contribution in [0, 0.1) is 17.2 Å². The van der Waals surface area contributed by atoms with E-state index in [1.54, 1.807) is 0 Å². The number of nitrogens with one attached hydrogen (secondary N) is 1. The molecule has 0 heterocycles. The number of hydrogen-bond donors (Lipinski definition) is 1. The predicted molar refractivity (Wildman–Crippen MR) is 67.5 cm³/mol. The largest absolute Gasteiger partial charge is 0.378 e. The quantitative estimate of drug-likeness (QED) is 0.763. The van der Waals surface area contributed by atoms with E-state index in [0.717, 1.165) is 25.9 Å². The van der Waals surface area contributed by atoms with Gasteiger partial charge in [-0.15, -0.1) is 0 Å². The lowest BCUT2D eigenvalue weighted by molar-refractivity contribution is -0.0136. The molecule has 0 amide bonds. The van der Waals surface area contributed by atoms with Crippen LogP contribution >= 0.6 is 0 Å². The maximum atomic E-state index is 9.21. The second-order valence-corrected chi connectivity index (χ2v) is 5.39. The van der Waals surface area contributed by atoms with Gasteiger partial charge in [0.05, 0.1) is 18.1 Å². The monoisotopic (exact) mass is 236 g/mol. The maximum Gasteiger partial charge on any atom is 0.0672 e. The van der Waals surface area contributed by atoms with Gasteiger partial charge in [-0.3, -0.25) is 0 Å². The molecule has 0 aromatic rings. The first kappa shape index (κ1) is 12.9. The molecule has 3 nitrogen and oxygen atoms in total. The number of rotatable bonds is 4. The summed E-state index contributed by atoms with van der Waals surface area (Å²) in [5, 5.41) is 12.9. The van der Waals surface area contributed by atoms with Crippen molar-refractivity contribution >= 4 is 0 Å². The van der Waals surface area contributed by atoms with Crippen LogP contribution in [0.2, 0.25) is 0 Å². The minimum absolute atomic E-state index is 0.226. The number of nitrogens with zero attached hydrogens (tertiary/aromatic N) is 1. The zero-order valence-corrected chi connectivity index (χ0v) is 10.8. The van der Waals surface area contributed by atoms with Gasteiger partial charge in [0.15, 0.2) is 0 Å². The molecule has 2 unspecified atom stereocenters. The molecule has 0 saturated heterocycles. The molecule has 0 spiro atoms. The molecule has 0 radical (unpaired) electrons. The molecule has 2 fully saturated rings. The van der Waals surface area contributed by atoms with Crippen molar-refractivity contribution in [2.45, 2.75) is 70.1 Å². The van der Waals surface area contributed by atoms with E-state index in [1.165, 1.54) is 25.7 Å². The topological polar surface area (TPSA) is 45.0 Å². The van der Waals surface area contributed by atoms with Crippen LogP contribution in [0.4, 0.5) is 0 Å². The Hall–Kier alpha value is -0.590. The molecule has 1 N–H and O–H groups in total. The maximum absolute atomic E-state index is 9.21. The lowest BCUT2D eigenvalue weighted by Crippen LogP contribution is -2.51. The highest BCUT2D eigenvalue weighted by Gasteiger charge is 2.33. The van der Waals surface area contributed by atoms with Crippen molar-refractivity contribution in [2.24, 2.45) is 5.92 Å². The molecular formula is C14H24N2O. The van der Waals surface area contributed by atoms with Crippen LogP contribution in [-0.4, -0.2) is 24.8 Å². The van der Waals surface area contributed by atoms with Crippen molar-refractivity contribution < 1.29 is 4.74 Å². The molecule has 0 bridgehead atoms. The lowest BCUT2D eigenvalue weighted by Gasteiger charge is -2.38. The standard InChI is InChI=1S/C14H24N2O/c1-2-17-13-8-12(9-13)16-14-7-5-3-4-6-11(14)10-15/h11-14,16H,2-9H2,1H3. The Morgan fingerprint density at radius 1 is 1.24 bits per heavy atom. The van der Waals surface area contributed by atoms with Crippen molar-refractivity contribution in [3.8, 4) is 6.07 Å². The van der Waals surface area contributed by atoms with Crippen LogP contribution in [0.25, 0.3) is 0 Å². The first-order chi connectivity index (χ1) is 8.33. The van der Waals surface area contributed by atoms with Crippen LogP contribution in [0.15, 0.2) is 0 Å². The van der Waals surface area contributed by atoms with Gasteiger partial charge in [-0.25, -0.2) is 0 Å². The van der Waals surface area contributed by atoms with E-state index in [-0.39, 0.29) is 5.92 Å². The molecule has 0 aliphatic heterocycles. The Morgan fingerprint density at radius 2 is 2.00 bits per heavy atom. The fraction of sp³-hybridized carbons (Fsp3) is 0.929. The third-order valence-corrected chi connectivity index (χ3v) is 4.13. The fourth-order valence-corrected chi connectivity index (χ4v) is 3.04. The van der Waals surface area contributed by atoms with E-state index in [0.29, 0.717) is 18.2 Å². The van der Waals surface area contributed by atoms with Crippen LogP contribution in [0.3, 0.4) is 0 Å². The van der Waals surface area contributed by atoms with E-state index in [2.05, 4.69) is 18.3 Å². The number of hydrogen-bond acceptors (Lipinski definition) is 3. The van der Waals surface area contributed by atoms with Crippen LogP contribution in [-0.2, 0) is 4.74 Å². The Balaban J connectivity index is 1.75. The molecule has 0 aromatic carbocycles. The highest BCUT2D eigenvalue weighted by Crippen LogP contribution is 2.28. The first-order valence-electron chi connectivity index (χ1n) is 7.10. The molecule has 96 valence electrons. The van der Waals surface area contributed by atoms with E-state index >= 15 is 0 Å². The van der Waals surface area contributed by atoms with Gasteiger partial charge in [-0.05, 0) is 32.6 Å². The second-order valence-electron chi connectivity index (χ2n) is 5.39. The Morgan fingerprint density at radius 3 is 2.71 bits per heavy atom. The van der Waals surface area contributed by atoms with E-state index in [9.17, 15) is 5.26 Å². The van der Waals surface area contributed by atoms with Crippen molar-refractivity contribution in [3.63, 3.8) is 0 Å². The molecule has 0 aromatic heterocycles. The molecule has 17 heavy (non-hydrogen) atoms. The van der Waals surface area contributed by atoms with Crippen LogP contribution in [0.5, 0.6) is 0 Å². The summed E-state index contributed by atoms with van der Waals surface area (Å²) >= 11 is 0. The number of nitriles is 1. The Labute approximate surface area is 105 Å². The van der Waals surface area contributed by atoms with Gasteiger partial charge in [0.2, 0.25) is 0 Å². The summed E-state index contributed by atoms with van der Waals surface area (Å²) in [5.41, 5.74) is 0. The minimum atomic E-state index is 0.226. The Kier molecular flexibility index (Phi) is 4.82. The van der Waals surface area contributed by atoms with Gasteiger partial charge in [0, 0.05) is 18.7 Å². The number of ether oxygens (including phenoxy) is 1. The summed E-state index contributed by atoms with van der Waals surface area (Å²) in [5.74, 6) is 0.226. The molecular weight excluding hydrogens is 212 g/mol. The lowest BCUT2D eigenvalue weighted by atomic mass is 9.86. The smallest absolute Gasteiger partial charge is 0.0672 e. The van der Waals surface area contributed by atoms with E-state index < -0.39 is 0 Å². The molecule has 2 aliphatic carbocycles. The molecule has 2 atom stereocenters. The zero-order valence-electron chi connectivity index (χ0n) is 10.8. The summed E-state index contributed by atoms with van der Waals surface area (Å²) < 4.78 is 5.57. The fourth-order valence-electron chi connectivity index (χ4n) is 3.04. The van der Waals surface area contributed by atoms with Gasteiger partial charge < -0.3 is 10.1 Å². The Bertz CT molecular complexity index is 268. The second kappa shape index (κ2) is 6.37. The minimum Gasteiger partial charge on any atom is -0.378 e.